The maximum atomic E-state index is 16.3. The number of aromatic nitrogens is 4. The Bertz CT molecular complexity index is 2070. The van der Waals surface area contributed by atoms with Crippen molar-refractivity contribution in [3.8, 4) is 16.9 Å². The Hall–Kier alpha value is -4.96. The van der Waals surface area contributed by atoms with Crippen molar-refractivity contribution in [2.45, 2.75) is 24.8 Å². The summed E-state index contributed by atoms with van der Waals surface area (Å²) < 4.78 is 47.2. The predicted molar refractivity (Wildman–Crippen MR) is 162 cm³/mol. The van der Waals surface area contributed by atoms with Gasteiger partial charge in [0, 0.05) is 11.1 Å². The van der Waals surface area contributed by atoms with Crippen molar-refractivity contribution in [1.29, 1.82) is 0 Å². The third kappa shape index (κ3) is 4.81. The number of phenolic OH excluding ortho intramolecular Hbond substituents is 1. The fourth-order valence-corrected chi connectivity index (χ4v) is 6.21. The molecule has 222 valence electrons. The Morgan fingerprint density at radius 2 is 1.75 bits per heavy atom. The number of likely N-dealkylation sites (tertiary alicyclic amines) is 1. The van der Waals surface area contributed by atoms with Gasteiger partial charge in [-0.2, -0.15) is 0 Å². The summed E-state index contributed by atoms with van der Waals surface area (Å²) in [7, 11) is 2.04. The number of hydrogen-bond acceptors (Lipinski definition) is 5. The topological polar surface area (TPSA) is 87.0 Å². The number of hydrogen-bond donors (Lipinski definition) is 2. The number of phenols is 1. The summed E-state index contributed by atoms with van der Waals surface area (Å²) in [4.78, 5) is 28.4. The Kier molecular flexibility index (Phi) is 6.93. The standard InChI is InChI=1S/C34H28F3N5O2/c1-41-14-12-19(13-15-41)22-8-6-20(16-25(22)36)23-9-10-28-30(31(23)37)34(44)42(18-38-28)32(24-17-21(35)7-11-29(24)43)33-39-26-4-2-3-5-27(26)40-33/h2-11,16-19,32,43H,12-15H2,1H3,(H,39,40). The van der Waals surface area contributed by atoms with E-state index in [1.165, 1.54) is 30.6 Å². The molecule has 0 aliphatic carbocycles. The second-order valence-electron chi connectivity index (χ2n) is 11.3. The molecule has 0 saturated carbocycles. The molecule has 1 unspecified atom stereocenters. The van der Waals surface area contributed by atoms with Gasteiger partial charge < -0.3 is 15.0 Å². The first-order valence-electron chi connectivity index (χ1n) is 14.4. The molecule has 0 spiro atoms. The number of imidazole rings is 1. The minimum absolute atomic E-state index is 0.0374. The number of aromatic hydroxyl groups is 1. The molecule has 1 aliphatic rings. The van der Waals surface area contributed by atoms with Crippen LogP contribution in [0.4, 0.5) is 13.2 Å². The molecule has 3 heterocycles. The van der Waals surface area contributed by atoms with Crippen LogP contribution in [0.1, 0.15) is 41.8 Å². The highest BCUT2D eigenvalue weighted by molar-refractivity contribution is 5.85. The van der Waals surface area contributed by atoms with E-state index < -0.39 is 29.1 Å². The molecule has 1 fully saturated rings. The van der Waals surface area contributed by atoms with Gasteiger partial charge in [0.2, 0.25) is 0 Å². The van der Waals surface area contributed by atoms with E-state index in [4.69, 9.17) is 0 Å². The van der Waals surface area contributed by atoms with Crippen molar-refractivity contribution in [3.63, 3.8) is 0 Å². The molecular weight excluding hydrogens is 567 g/mol. The second kappa shape index (κ2) is 10.9. The Morgan fingerprint density at radius 1 is 0.955 bits per heavy atom. The van der Waals surface area contributed by atoms with E-state index in [0.717, 1.165) is 42.6 Å². The summed E-state index contributed by atoms with van der Waals surface area (Å²) in [6.07, 6.45) is 2.91. The van der Waals surface area contributed by atoms with Gasteiger partial charge in [0.15, 0.2) is 0 Å². The zero-order chi connectivity index (χ0) is 30.5. The number of halogens is 3. The minimum atomic E-state index is -1.17. The highest BCUT2D eigenvalue weighted by atomic mass is 19.1. The molecule has 4 aromatic carbocycles. The van der Waals surface area contributed by atoms with Crippen molar-refractivity contribution in [2.24, 2.45) is 0 Å². The van der Waals surface area contributed by atoms with Crippen LogP contribution in [0.2, 0.25) is 0 Å². The molecule has 1 atom stereocenters. The quantitative estimate of drug-likeness (QED) is 0.237. The molecule has 2 N–H and O–H groups in total. The summed E-state index contributed by atoms with van der Waals surface area (Å²) in [6.45, 7) is 1.76. The molecule has 1 saturated heterocycles. The highest BCUT2D eigenvalue weighted by Gasteiger charge is 2.27. The molecule has 0 bridgehead atoms. The number of nitrogens with one attached hydrogen (secondary N) is 1. The van der Waals surface area contributed by atoms with Crippen molar-refractivity contribution in [1.82, 2.24) is 24.4 Å². The van der Waals surface area contributed by atoms with E-state index in [1.54, 1.807) is 30.3 Å². The molecule has 10 heteroatoms. The molecule has 44 heavy (non-hydrogen) atoms. The monoisotopic (exact) mass is 595 g/mol. The van der Waals surface area contributed by atoms with Gasteiger partial charge in [0.05, 0.1) is 22.9 Å². The number of aromatic amines is 1. The normalized spacial score (nSPS) is 15.3. The van der Waals surface area contributed by atoms with Crippen molar-refractivity contribution >= 4 is 21.9 Å². The highest BCUT2D eigenvalue weighted by Crippen LogP contribution is 2.35. The molecule has 2 aromatic heterocycles. The van der Waals surface area contributed by atoms with E-state index in [9.17, 15) is 14.3 Å². The molecule has 0 amide bonds. The van der Waals surface area contributed by atoms with Gasteiger partial charge in [-0.05, 0) is 98.6 Å². The first-order valence-corrected chi connectivity index (χ1v) is 14.4. The zero-order valence-electron chi connectivity index (χ0n) is 23.8. The Labute approximate surface area is 250 Å². The lowest BCUT2D eigenvalue weighted by Crippen LogP contribution is -2.29. The van der Waals surface area contributed by atoms with Crippen molar-refractivity contribution in [3.05, 3.63) is 124 Å². The van der Waals surface area contributed by atoms with Crippen molar-refractivity contribution in [2.75, 3.05) is 20.1 Å². The first kappa shape index (κ1) is 27.8. The van der Waals surface area contributed by atoms with Crippen LogP contribution in [0.25, 0.3) is 33.1 Å². The number of fused-ring (bicyclic) bond motifs is 2. The van der Waals surface area contributed by atoms with Gasteiger partial charge in [-0.3, -0.25) is 9.36 Å². The van der Waals surface area contributed by atoms with Crippen LogP contribution in [0.15, 0.2) is 83.9 Å². The number of para-hydroxylation sites is 2. The van der Waals surface area contributed by atoms with Gasteiger partial charge in [-0.25, -0.2) is 23.1 Å². The lowest BCUT2D eigenvalue weighted by molar-refractivity contribution is 0.253. The molecular formula is C34H28F3N5O2. The molecule has 6 aromatic rings. The van der Waals surface area contributed by atoms with Gasteiger partial charge in [-0.1, -0.05) is 24.3 Å². The van der Waals surface area contributed by atoms with E-state index in [0.29, 0.717) is 22.2 Å². The summed E-state index contributed by atoms with van der Waals surface area (Å²) in [5.74, 6) is -1.87. The van der Waals surface area contributed by atoms with Crippen LogP contribution in [0.3, 0.4) is 0 Å². The third-order valence-electron chi connectivity index (χ3n) is 8.59. The fourth-order valence-electron chi connectivity index (χ4n) is 6.21. The summed E-state index contributed by atoms with van der Waals surface area (Å²) in [5, 5.41) is 10.4. The van der Waals surface area contributed by atoms with Crippen LogP contribution >= 0.6 is 0 Å². The summed E-state index contributed by atoms with van der Waals surface area (Å²) >= 11 is 0. The molecule has 0 radical (unpaired) electrons. The maximum absolute atomic E-state index is 16.3. The SMILES string of the molecule is CN1CCC(c2ccc(-c3ccc4ncn(C(c5nc6ccccc6[nH]5)c5cc(F)ccc5O)c(=O)c4c3F)cc2F)CC1. The van der Waals surface area contributed by atoms with E-state index in [-0.39, 0.29) is 39.5 Å². The number of rotatable bonds is 5. The van der Waals surface area contributed by atoms with Crippen molar-refractivity contribution < 1.29 is 18.3 Å². The maximum Gasteiger partial charge on any atom is 0.265 e. The molecule has 7 nitrogen and oxygen atoms in total. The van der Waals surface area contributed by atoms with E-state index in [1.807, 2.05) is 13.1 Å². The largest absolute Gasteiger partial charge is 0.508 e. The van der Waals surface area contributed by atoms with E-state index >= 15 is 8.78 Å². The lowest BCUT2D eigenvalue weighted by Gasteiger charge is -2.29. The molecule has 1 aliphatic heterocycles. The van der Waals surface area contributed by atoms with Gasteiger partial charge >= 0.3 is 0 Å². The number of benzene rings is 4. The lowest BCUT2D eigenvalue weighted by atomic mass is 9.88. The number of piperidine rings is 1. The van der Waals surface area contributed by atoms with Crippen LogP contribution in [-0.4, -0.2) is 49.7 Å². The fraction of sp³-hybridized carbons (Fsp3) is 0.206. The first-order chi connectivity index (χ1) is 21.3. The average molecular weight is 596 g/mol. The third-order valence-corrected chi connectivity index (χ3v) is 8.59. The van der Waals surface area contributed by atoms with Gasteiger partial charge in [0.25, 0.3) is 5.56 Å². The number of nitrogens with zero attached hydrogens (tertiary/aromatic N) is 4. The number of H-pyrrole nitrogens is 1. The predicted octanol–water partition coefficient (Wildman–Crippen LogP) is 6.51. The van der Waals surface area contributed by atoms with Gasteiger partial charge in [-0.15, -0.1) is 0 Å². The second-order valence-corrected chi connectivity index (χ2v) is 11.3. The molecule has 7 rings (SSSR count). The van der Waals surface area contributed by atoms with Crippen LogP contribution in [0, 0.1) is 17.5 Å². The Morgan fingerprint density at radius 3 is 2.52 bits per heavy atom. The van der Waals surface area contributed by atoms with Crippen LogP contribution in [-0.2, 0) is 0 Å². The van der Waals surface area contributed by atoms with Crippen LogP contribution < -0.4 is 5.56 Å². The average Bonchev–Trinajstić information content (AvgIpc) is 3.44. The van der Waals surface area contributed by atoms with Gasteiger partial charge in [0.1, 0.15) is 40.5 Å². The Balaban J connectivity index is 1.37. The minimum Gasteiger partial charge on any atom is -0.508 e. The summed E-state index contributed by atoms with van der Waals surface area (Å²) in [5.41, 5.74) is 1.57. The van der Waals surface area contributed by atoms with E-state index in [2.05, 4.69) is 19.9 Å². The smallest absolute Gasteiger partial charge is 0.265 e. The van der Waals surface area contributed by atoms with Crippen LogP contribution in [0.5, 0.6) is 5.75 Å². The summed E-state index contributed by atoms with van der Waals surface area (Å²) in [6, 6.07) is 17.1. The zero-order valence-corrected chi connectivity index (χ0v) is 23.8.